The number of nitrogen functional groups attached to an aromatic ring is 1. The second-order valence-electron chi connectivity index (χ2n) is 4.38. The predicted molar refractivity (Wildman–Crippen MR) is 86.1 cm³/mol. The van der Waals surface area contributed by atoms with Crippen LogP contribution in [0.1, 0.15) is 5.56 Å². The van der Waals surface area contributed by atoms with Gasteiger partial charge >= 0.3 is 0 Å². The number of fused-ring (bicyclic) bond motifs is 1. The molecular formula is C15H10BrN5. The molecule has 0 unspecified atom stereocenters. The molecule has 0 saturated heterocycles. The van der Waals surface area contributed by atoms with Crippen molar-refractivity contribution < 1.29 is 0 Å². The number of benzene rings is 2. The van der Waals surface area contributed by atoms with Gasteiger partial charge in [0.15, 0.2) is 0 Å². The van der Waals surface area contributed by atoms with Gasteiger partial charge in [-0.2, -0.15) is 10.2 Å². The highest BCUT2D eigenvalue weighted by Gasteiger charge is 2.08. The molecule has 3 aromatic rings. The van der Waals surface area contributed by atoms with Crippen molar-refractivity contribution in [2.24, 2.45) is 0 Å². The number of nitrogens with zero attached hydrogens (tertiary/aromatic N) is 3. The third-order valence-electron chi connectivity index (χ3n) is 2.97. The van der Waals surface area contributed by atoms with Crippen molar-refractivity contribution in [3.63, 3.8) is 0 Å². The zero-order chi connectivity index (χ0) is 14.8. The molecule has 1 aromatic heterocycles. The highest BCUT2D eigenvalue weighted by Crippen LogP contribution is 2.29. The van der Waals surface area contributed by atoms with Gasteiger partial charge in [-0.3, -0.25) is 0 Å². The molecule has 3 N–H and O–H groups in total. The lowest BCUT2D eigenvalue weighted by molar-refractivity contribution is 1.23. The van der Waals surface area contributed by atoms with Gasteiger partial charge in [-0.1, -0.05) is 12.1 Å². The molecule has 0 fully saturated rings. The maximum Gasteiger partial charge on any atom is 0.222 e. The molecular weight excluding hydrogens is 330 g/mol. The van der Waals surface area contributed by atoms with Crippen molar-refractivity contribution in [1.29, 1.82) is 5.26 Å². The first-order chi connectivity index (χ1) is 10.2. The molecule has 1 heterocycles. The molecule has 0 aliphatic rings. The number of hydrogen-bond acceptors (Lipinski definition) is 5. The molecule has 102 valence electrons. The van der Waals surface area contributed by atoms with Crippen molar-refractivity contribution in [2.45, 2.75) is 0 Å². The predicted octanol–water partition coefficient (Wildman–Crippen LogP) is 3.59. The van der Waals surface area contributed by atoms with Crippen LogP contribution < -0.4 is 11.1 Å². The van der Waals surface area contributed by atoms with Gasteiger partial charge in [0.1, 0.15) is 5.82 Å². The molecule has 0 saturated carbocycles. The van der Waals surface area contributed by atoms with E-state index >= 15 is 0 Å². The summed E-state index contributed by atoms with van der Waals surface area (Å²) < 4.78 is 0.780. The normalized spacial score (nSPS) is 10.3. The van der Waals surface area contributed by atoms with Crippen LogP contribution >= 0.6 is 15.9 Å². The van der Waals surface area contributed by atoms with Gasteiger partial charge in [0, 0.05) is 9.86 Å². The first-order valence-corrected chi connectivity index (χ1v) is 6.95. The lowest BCUT2D eigenvalue weighted by Gasteiger charge is -2.11. The Hall–Kier alpha value is -2.65. The minimum absolute atomic E-state index is 0.209. The summed E-state index contributed by atoms with van der Waals surface area (Å²) in [5.74, 6) is 0.837. The maximum atomic E-state index is 8.89. The van der Waals surface area contributed by atoms with E-state index in [0.29, 0.717) is 11.4 Å². The van der Waals surface area contributed by atoms with Crippen LogP contribution in [0, 0.1) is 11.3 Å². The van der Waals surface area contributed by atoms with Gasteiger partial charge < -0.3 is 11.1 Å². The molecule has 0 atom stereocenters. The minimum Gasteiger partial charge on any atom is -0.368 e. The third kappa shape index (κ3) is 2.64. The van der Waals surface area contributed by atoms with Crippen molar-refractivity contribution in [1.82, 2.24) is 9.97 Å². The van der Waals surface area contributed by atoms with Crippen molar-refractivity contribution >= 4 is 44.3 Å². The maximum absolute atomic E-state index is 8.89. The van der Waals surface area contributed by atoms with Crippen LogP contribution in [0.15, 0.2) is 46.9 Å². The van der Waals surface area contributed by atoms with Crippen LogP contribution in [0.25, 0.3) is 10.9 Å². The standard InChI is InChI=1S/C15H10BrN5/c16-11-7-9(8-17)5-6-13(11)19-14-10-3-1-2-4-12(10)20-15(18)21-14/h1-7H,(H3,18,19,20,21). The lowest BCUT2D eigenvalue weighted by Crippen LogP contribution is -2.01. The first kappa shape index (κ1) is 13.3. The molecule has 0 radical (unpaired) electrons. The van der Waals surface area contributed by atoms with E-state index < -0.39 is 0 Å². The Labute approximate surface area is 129 Å². The fourth-order valence-electron chi connectivity index (χ4n) is 2.00. The Morgan fingerprint density at radius 1 is 1.14 bits per heavy atom. The fraction of sp³-hybridized carbons (Fsp3) is 0. The summed E-state index contributed by atoms with van der Waals surface area (Å²) in [4.78, 5) is 8.45. The van der Waals surface area contributed by atoms with Gasteiger partial charge in [-0.05, 0) is 46.3 Å². The van der Waals surface area contributed by atoms with E-state index in [0.717, 1.165) is 21.1 Å². The van der Waals surface area contributed by atoms with Gasteiger partial charge in [0.2, 0.25) is 5.95 Å². The van der Waals surface area contributed by atoms with Crippen molar-refractivity contribution in [3.8, 4) is 6.07 Å². The number of nitrogens with two attached hydrogens (primary N) is 1. The van der Waals surface area contributed by atoms with Crippen molar-refractivity contribution in [2.75, 3.05) is 11.1 Å². The van der Waals surface area contributed by atoms with E-state index in [-0.39, 0.29) is 5.95 Å². The van der Waals surface area contributed by atoms with E-state index in [9.17, 15) is 0 Å². The summed E-state index contributed by atoms with van der Waals surface area (Å²) >= 11 is 3.44. The molecule has 3 rings (SSSR count). The Bertz CT molecular complexity index is 870. The van der Waals surface area contributed by atoms with Gasteiger partial charge in [0.05, 0.1) is 22.8 Å². The summed E-state index contributed by atoms with van der Waals surface area (Å²) in [6, 6.07) is 15.0. The number of halogens is 1. The zero-order valence-electron chi connectivity index (χ0n) is 10.8. The average molecular weight is 340 g/mol. The van der Waals surface area contributed by atoms with Crippen LogP contribution in [-0.4, -0.2) is 9.97 Å². The number of nitriles is 1. The summed E-state index contributed by atoms with van der Waals surface area (Å²) in [5.41, 5.74) is 7.91. The lowest BCUT2D eigenvalue weighted by atomic mass is 10.2. The van der Waals surface area contributed by atoms with Crippen LogP contribution in [0.5, 0.6) is 0 Å². The molecule has 21 heavy (non-hydrogen) atoms. The van der Waals surface area contributed by atoms with E-state index in [1.54, 1.807) is 12.1 Å². The number of aromatic nitrogens is 2. The van der Waals surface area contributed by atoms with Crippen LogP contribution in [0.3, 0.4) is 0 Å². The number of anilines is 3. The summed E-state index contributed by atoms with van der Waals surface area (Å²) in [6.45, 7) is 0. The number of rotatable bonds is 2. The van der Waals surface area contributed by atoms with Gasteiger partial charge in [0.25, 0.3) is 0 Å². The molecule has 6 heteroatoms. The van der Waals surface area contributed by atoms with E-state index in [4.69, 9.17) is 11.0 Å². The zero-order valence-corrected chi connectivity index (χ0v) is 12.4. The quantitative estimate of drug-likeness (QED) is 0.744. The van der Waals surface area contributed by atoms with E-state index in [1.165, 1.54) is 0 Å². The SMILES string of the molecule is N#Cc1ccc(Nc2nc(N)nc3ccccc23)c(Br)c1. The van der Waals surface area contributed by atoms with Crippen LogP contribution in [0.4, 0.5) is 17.5 Å². The Morgan fingerprint density at radius 2 is 1.95 bits per heavy atom. The summed E-state index contributed by atoms with van der Waals surface area (Å²) in [6.07, 6.45) is 0. The Balaban J connectivity index is 2.08. The monoisotopic (exact) mass is 339 g/mol. The van der Waals surface area contributed by atoms with Crippen molar-refractivity contribution in [3.05, 3.63) is 52.5 Å². The third-order valence-corrected chi connectivity index (χ3v) is 3.63. The van der Waals surface area contributed by atoms with Crippen LogP contribution in [-0.2, 0) is 0 Å². The Morgan fingerprint density at radius 3 is 2.71 bits per heavy atom. The topological polar surface area (TPSA) is 87.6 Å². The average Bonchev–Trinajstić information content (AvgIpc) is 2.49. The summed E-state index contributed by atoms with van der Waals surface area (Å²) in [5, 5.41) is 13.0. The number of para-hydroxylation sites is 1. The highest BCUT2D eigenvalue weighted by molar-refractivity contribution is 9.10. The molecule has 2 aromatic carbocycles. The molecule has 0 aliphatic heterocycles. The Kier molecular flexibility index (Phi) is 3.42. The molecule has 0 bridgehead atoms. The summed E-state index contributed by atoms with van der Waals surface area (Å²) in [7, 11) is 0. The molecule has 0 spiro atoms. The van der Waals surface area contributed by atoms with Gasteiger partial charge in [-0.25, -0.2) is 4.98 Å². The first-order valence-electron chi connectivity index (χ1n) is 6.16. The second kappa shape index (κ2) is 5.38. The molecule has 0 amide bonds. The van der Waals surface area contributed by atoms with E-state index in [1.807, 2.05) is 30.3 Å². The number of hydrogen-bond donors (Lipinski definition) is 2. The van der Waals surface area contributed by atoms with Gasteiger partial charge in [-0.15, -0.1) is 0 Å². The van der Waals surface area contributed by atoms with E-state index in [2.05, 4.69) is 37.3 Å². The smallest absolute Gasteiger partial charge is 0.222 e. The largest absolute Gasteiger partial charge is 0.368 e. The molecule has 5 nitrogen and oxygen atoms in total. The minimum atomic E-state index is 0.209. The second-order valence-corrected chi connectivity index (χ2v) is 5.23. The molecule has 0 aliphatic carbocycles. The fourth-order valence-corrected chi connectivity index (χ4v) is 2.48. The number of nitrogens with one attached hydrogen (secondary N) is 1. The van der Waals surface area contributed by atoms with Crippen LogP contribution in [0.2, 0.25) is 0 Å². The highest BCUT2D eigenvalue weighted by atomic mass is 79.9.